The average Bonchev–Trinajstić information content (AvgIpc) is 2.40. The van der Waals surface area contributed by atoms with Gasteiger partial charge < -0.3 is 15.4 Å². The van der Waals surface area contributed by atoms with Crippen molar-refractivity contribution >= 4 is 21.8 Å². The number of hydrogen-bond donors (Lipinski definition) is 2. The molecule has 5 heteroatoms. The number of ether oxygens (including phenoxy) is 1. The topological polar surface area (TPSA) is 50.4 Å². The lowest BCUT2D eigenvalue weighted by molar-refractivity contribution is -0.126. The maximum Gasteiger partial charge on any atom is 0.260 e. The molecule has 1 atom stereocenters. The lowest BCUT2D eigenvalue weighted by Gasteiger charge is -2.17. The molecule has 1 rings (SSSR count). The van der Waals surface area contributed by atoms with Crippen LogP contribution >= 0.6 is 15.9 Å². The summed E-state index contributed by atoms with van der Waals surface area (Å²) in [6.45, 7) is 7.73. The standard InChI is InChI=1S/C15H23BrN2O2/c1-10(2)8-18-9-12-7-13(16)5-6-14(12)20-11(3)15(19)17-4/h5-7,10-11,18H,8-9H2,1-4H3,(H,17,19). The van der Waals surface area contributed by atoms with Crippen LogP contribution in [0.2, 0.25) is 0 Å². The van der Waals surface area contributed by atoms with Gasteiger partial charge in [-0.05, 0) is 37.6 Å². The molecule has 0 saturated carbocycles. The summed E-state index contributed by atoms with van der Waals surface area (Å²) in [4.78, 5) is 11.5. The minimum Gasteiger partial charge on any atom is -0.481 e. The minimum absolute atomic E-state index is 0.131. The van der Waals surface area contributed by atoms with Gasteiger partial charge in [0.15, 0.2) is 6.10 Å². The van der Waals surface area contributed by atoms with Crippen molar-refractivity contribution in [1.29, 1.82) is 0 Å². The number of nitrogens with one attached hydrogen (secondary N) is 2. The van der Waals surface area contributed by atoms with Gasteiger partial charge in [-0.2, -0.15) is 0 Å². The molecule has 1 aromatic carbocycles. The molecule has 20 heavy (non-hydrogen) atoms. The van der Waals surface area contributed by atoms with E-state index < -0.39 is 6.10 Å². The zero-order valence-corrected chi connectivity index (χ0v) is 14.1. The summed E-state index contributed by atoms with van der Waals surface area (Å²) < 4.78 is 6.74. The number of halogens is 1. The molecule has 0 bridgehead atoms. The summed E-state index contributed by atoms with van der Waals surface area (Å²) in [5.74, 6) is 1.20. The molecule has 0 radical (unpaired) electrons. The molecule has 0 spiro atoms. The first-order valence-electron chi connectivity index (χ1n) is 6.81. The molecule has 0 heterocycles. The molecule has 0 aliphatic rings. The minimum atomic E-state index is -0.509. The maximum absolute atomic E-state index is 11.5. The summed E-state index contributed by atoms with van der Waals surface area (Å²) in [6.07, 6.45) is -0.509. The van der Waals surface area contributed by atoms with Gasteiger partial charge in [0.25, 0.3) is 5.91 Å². The van der Waals surface area contributed by atoms with E-state index in [0.717, 1.165) is 22.3 Å². The van der Waals surface area contributed by atoms with E-state index >= 15 is 0 Å². The first-order valence-corrected chi connectivity index (χ1v) is 7.60. The number of amides is 1. The van der Waals surface area contributed by atoms with E-state index in [1.807, 2.05) is 18.2 Å². The lowest BCUT2D eigenvalue weighted by Crippen LogP contribution is -2.34. The molecular formula is C15H23BrN2O2. The van der Waals surface area contributed by atoms with Crippen molar-refractivity contribution in [3.05, 3.63) is 28.2 Å². The number of carbonyl (C=O) groups is 1. The molecule has 4 nitrogen and oxygen atoms in total. The summed E-state index contributed by atoms with van der Waals surface area (Å²) in [7, 11) is 1.61. The molecule has 0 aliphatic heterocycles. The van der Waals surface area contributed by atoms with Crippen LogP contribution in [0.15, 0.2) is 22.7 Å². The number of rotatable bonds is 7. The predicted octanol–water partition coefficient (Wildman–Crippen LogP) is 2.71. The SMILES string of the molecule is CNC(=O)C(C)Oc1ccc(Br)cc1CNCC(C)C. The van der Waals surface area contributed by atoms with E-state index in [-0.39, 0.29) is 5.91 Å². The second-order valence-electron chi connectivity index (χ2n) is 5.15. The zero-order chi connectivity index (χ0) is 15.1. The quantitative estimate of drug-likeness (QED) is 0.800. The first kappa shape index (κ1) is 17.0. The Morgan fingerprint density at radius 2 is 2.05 bits per heavy atom. The van der Waals surface area contributed by atoms with Crippen LogP contribution in [0.4, 0.5) is 0 Å². The molecule has 0 aromatic heterocycles. The van der Waals surface area contributed by atoms with Gasteiger partial charge in [0, 0.05) is 23.6 Å². The van der Waals surface area contributed by atoms with Crippen molar-refractivity contribution < 1.29 is 9.53 Å². The Morgan fingerprint density at radius 1 is 1.35 bits per heavy atom. The monoisotopic (exact) mass is 342 g/mol. The van der Waals surface area contributed by atoms with Gasteiger partial charge in [0.2, 0.25) is 0 Å². The van der Waals surface area contributed by atoms with Gasteiger partial charge in [0.05, 0.1) is 0 Å². The van der Waals surface area contributed by atoms with Gasteiger partial charge in [0.1, 0.15) is 5.75 Å². The summed E-state index contributed by atoms with van der Waals surface area (Å²) in [5, 5.41) is 5.97. The van der Waals surface area contributed by atoms with Crippen molar-refractivity contribution in [2.24, 2.45) is 5.92 Å². The van der Waals surface area contributed by atoms with Crippen LogP contribution in [0.3, 0.4) is 0 Å². The Kier molecular flexibility index (Phi) is 7.02. The number of hydrogen-bond acceptors (Lipinski definition) is 3. The van der Waals surface area contributed by atoms with Gasteiger partial charge in [-0.1, -0.05) is 29.8 Å². The summed E-state index contributed by atoms with van der Waals surface area (Å²) in [5.41, 5.74) is 1.04. The van der Waals surface area contributed by atoms with Crippen LogP contribution in [0.25, 0.3) is 0 Å². The fourth-order valence-corrected chi connectivity index (χ4v) is 2.15. The first-order chi connectivity index (χ1) is 9.43. The van der Waals surface area contributed by atoms with Crippen LogP contribution in [-0.4, -0.2) is 25.6 Å². The van der Waals surface area contributed by atoms with E-state index in [1.165, 1.54) is 0 Å². The van der Waals surface area contributed by atoms with Gasteiger partial charge in [-0.15, -0.1) is 0 Å². The fraction of sp³-hybridized carbons (Fsp3) is 0.533. The average molecular weight is 343 g/mol. The normalized spacial score (nSPS) is 12.3. The number of benzene rings is 1. The number of carbonyl (C=O) groups excluding carboxylic acids is 1. The van der Waals surface area contributed by atoms with Crippen molar-refractivity contribution in [3.63, 3.8) is 0 Å². The zero-order valence-electron chi connectivity index (χ0n) is 12.5. The molecule has 2 N–H and O–H groups in total. The summed E-state index contributed by atoms with van der Waals surface area (Å²) in [6, 6.07) is 5.81. The second-order valence-corrected chi connectivity index (χ2v) is 6.07. The van der Waals surface area contributed by atoms with E-state index in [9.17, 15) is 4.79 Å². The molecule has 1 amide bonds. The van der Waals surface area contributed by atoms with Gasteiger partial charge in [-0.25, -0.2) is 0 Å². The van der Waals surface area contributed by atoms with E-state index in [4.69, 9.17) is 4.74 Å². The summed E-state index contributed by atoms with van der Waals surface area (Å²) >= 11 is 3.46. The van der Waals surface area contributed by atoms with Crippen molar-refractivity contribution in [2.45, 2.75) is 33.4 Å². The Labute approximate surface area is 129 Å². The molecule has 0 fully saturated rings. The third-order valence-electron chi connectivity index (χ3n) is 2.81. The Hall–Kier alpha value is -1.07. The van der Waals surface area contributed by atoms with Gasteiger partial charge >= 0.3 is 0 Å². The third-order valence-corrected chi connectivity index (χ3v) is 3.30. The van der Waals surface area contributed by atoms with Crippen LogP contribution in [-0.2, 0) is 11.3 Å². The number of likely N-dealkylation sites (N-methyl/N-ethyl adjacent to an activating group) is 1. The van der Waals surface area contributed by atoms with Crippen molar-refractivity contribution in [1.82, 2.24) is 10.6 Å². The highest BCUT2D eigenvalue weighted by molar-refractivity contribution is 9.10. The van der Waals surface area contributed by atoms with Gasteiger partial charge in [-0.3, -0.25) is 4.79 Å². The highest BCUT2D eigenvalue weighted by atomic mass is 79.9. The maximum atomic E-state index is 11.5. The lowest BCUT2D eigenvalue weighted by atomic mass is 10.1. The van der Waals surface area contributed by atoms with Crippen LogP contribution in [0.5, 0.6) is 5.75 Å². The molecule has 1 unspecified atom stereocenters. The highest BCUT2D eigenvalue weighted by Gasteiger charge is 2.15. The fourth-order valence-electron chi connectivity index (χ4n) is 1.74. The molecule has 0 aliphatic carbocycles. The second kappa shape index (κ2) is 8.27. The third kappa shape index (κ3) is 5.51. The Bertz CT molecular complexity index is 449. The Balaban J connectivity index is 2.76. The van der Waals surface area contributed by atoms with E-state index in [2.05, 4.69) is 40.4 Å². The highest BCUT2D eigenvalue weighted by Crippen LogP contribution is 2.24. The largest absolute Gasteiger partial charge is 0.481 e. The van der Waals surface area contributed by atoms with Crippen molar-refractivity contribution in [2.75, 3.05) is 13.6 Å². The smallest absolute Gasteiger partial charge is 0.260 e. The molecular weight excluding hydrogens is 320 g/mol. The van der Waals surface area contributed by atoms with Crippen molar-refractivity contribution in [3.8, 4) is 5.75 Å². The Morgan fingerprint density at radius 3 is 2.65 bits per heavy atom. The molecule has 0 saturated heterocycles. The predicted molar refractivity (Wildman–Crippen MR) is 84.8 cm³/mol. The van der Waals surface area contributed by atoms with Crippen LogP contribution < -0.4 is 15.4 Å². The van der Waals surface area contributed by atoms with Crippen LogP contribution in [0, 0.1) is 5.92 Å². The van der Waals surface area contributed by atoms with Crippen LogP contribution in [0.1, 0.15) is 26.3 Å². The molecule has 112 valence electrons. The van der Waals surface area contributed by atoms with E-state index in [0.29, 0.717) is 12.5 Å². The molecule has 1 aromatic rings. The van der Waals surface area contributed by atoms with E-state index in [1.54, 1.807) is 14.0 Å².